The number of nitriles is 1. The van der Waals surface area contributed by atoms with Gasteiger partial charge in [-0.1, -0.05) is 0 Å². The van der Waals surface area contributed by atoms with E-state index in [4.69, 9.17) is 5.26 Å². The number of hydrogen-bond acceptors (Lipinski definition) is 3. The number of piperazine rings is 1. The van der Waals surface area contributed by atoms with Crippen LogP contribution in [0.1, 0.15) is 20.3 Å². The van der Waals surface area contributed by atoms with Crippen molar-refractivity contribution in [3.05, 3.63) is 0 Å². The molecule has 0 aliphatic carbocycles. The highest BCUT2D eigenvalue weighted by atomic mass is 16.2. The minimum absolute atomic E-state index is 0.0929. The molecule has 0 saturated carbocycles. The Kier molecular flexibility index (Phi) is 3.48. The van der Waals surface area contributed by atoms with E-state index in [2.05, 4.69) is 6.07 Å². The van der Waals surface area contributed by atoms with Gasteiger partial charge in [0.25, 0.3) is 0 Å². The number of likely N-dealkylation sites (N-methyl/N-ethyl adjacent to an activating group) is 2. The second kappa shape index (κ2) is 4.43. The maximum Gasteiger partial charge on any atom is 0.241 e. The molecule has 14 heavy (non-hydrogen) atoms. The highest BCUT2D eigenvalue weighted by Gasteiger charge is 2.35. The second-order valence-corrected chi connectivity index (χ2v) is 3.79. The summed E-state index contributed by atoms with van der Waals surface area (Å²) in [4.78, 5) is 15.7. The highest BCUT2D eigenvalue weighted by Crippen LogP contribution is 2.16. The molecule has 0 aromatic carbocycles. The monoisotopic (exact) mass is 195 g/mol. The van der Waals surface area contributed by atoms with Crippen molar-refractivity contribution in [2.45, 2.75) is 32.4 Å². The summed E-state index contributed by atoms with van der Waals surface area (Å²) in [6.45, 7) is 5.60. The first kappa shape index (κ1) is 11.0. The van der Waals surface area contributed by atoms with Crippen LogP contribution in [-0.4, -0.2) is 47.9 Å². The van der Waals surface area contributed by atoms with Crippen LogP contribution >= 0.6 is 0 Å². The summed E-state index contributed by atoms with van der Waals surface area (Å²) in [5.74, 6) is 0.0929. The predicted molar refractivity (Wildman–Crippen MR) is 53.5 cm³/mol. The Balaban J connectivity index is 2.78. The van der Waals surface area contributed by atoms with E-state index in [0.717, 1.165) is 13.1 Å². The lowest BCUT2D eigenvalue weighted by Crippen LogP contribution is -2.59. The molecule has 0 aromatic heterocycles. The standard InChI is InChI=1S/C10H17N3O/c1-4-13-8(2)7-12(3)9(5-6-11)10(13)14/h8-9H,4-5,7H2,1-3H3. The van der Waals surface area contributed by atoms with Gasteiger partial charge >= 0.3 is 0 Å². The van der Waals surface area contributed by atoms with Crippen LogP contribution in [0, 0.1) is 11.3 Å². The Labute approximate surface area is 85.1 Å². The molecule has 2 unspecified atom stereocenters. The van der Waals surface area contributed by atoms with Crippen molar-refractivity contribution >= 4 is 5.91 Å². The number of carbonyl (C=O) groups is 1. The van der Waals surface area contributed by atoms with Crippen molar-refractivity contribution in [2.75, 3.05) is 20.1 Å². The Hall–Kier alpha value is -1.08. The molecule has 1 fully saturated rings. The van der Waals surface area contributed by atoms with E-state index in [1.807, 2.05) is 30.7 Å². The van der Waals surface area contributed by atoms with Crippen LogP contribution in [0.2, 0.25) is 0 Å². The van der Waals surface area contributed by atoms with Crippen molar-refractivity contribution in [3.8, 4) is 6.07 Å². The fraction of sp³-hybridized carbons (Fsp3) is 0.800. The van der Waals surface area contributed by atoms with Crippen molar-refractivity contribution in [2.24, 2.45) is 0 Å². The van der Waals surface area contributed by atoms with Crippen molar-refractivity contribution in [3.63, 3.8) is 0 Å². The fourth-order valence-electron chi connectivity index (χ4n) is 2.04. The molecule has 1 amide bonds. The number of rotatable bonds is 2. The normalized spacial score (nSPS) is 29.0. The Morgan fingerprint density at radius 3 is 2.79 bits per heavy atom. The molecular weight excluding hydrogens is 178 g/mol. The molecule has 0 aromatic rings. The van der Waals surface area contributed by atoms with Gasteiger partial charge in [-0.25, -0.2) is 0 Å². The molecule has 4 nitrogen and oxygen atoms in total. The molecule has 1 heterocycles. The fourth-order valence-corrected chi connectivity index (χ4v) is 2.04. The molecule has 1 rings (SSSR count). The number of hydrogen-bond donors (Lipinski definition) is 0. The van der Waals surface area contributed by atoms with Gasteiger partial charge in [-0.15, -0.1) is 0 Å². The molecule has 0 spiro atoms. The van der Waals surface area contributed by atoms with Gasteiger partial charge < -0.3 is 4.90 Å². The van der Waals surface area contributed by atoms with Gasteiger partial charge in [0.15, 0.2) is 0 Å². The van der Waals surface area contributed by atoms with Crippen molar-refractivity contribution in [1.29, 1.82) is 5.26 Å². The first-order chi connectivity index (χ1) is 6.61. The third kappa shape index (κ3) is 1.88. The minimum Gasteiger partial charge on any atom is -0.338 e. The summed E-state index contributed by atoms with van der Waals surface area (Å²) in [5, 5.41) is 8.63. The lowest BCUT2D eigenvalue weighted by molar-refractivity contribution is -0.143. The molecule has 1 aliphatic rings. The lowest BCUT2D eigenvalue weighted by Gasteiger charge is -2.41. The molecule has 78 valence electrons. The molecule has 4 heteroatoms. The third-order valence-corrected chi connectivity index (χ3v) is 2.81. The van der Waals surface area contributed by atoms with E-state index >= 15 is 0 Å². The molecule has 2 atom stereocenters. The number of nitrogens with zero attached hydrogens (tertiary/aromatic N) is 3. The van der Waals surface area contributed by atoms with Gasteiger partial charge in [-0.2, -0.15) is 5.26 Å². The molecule has 0 bridgehead atoms. The van der Waals surface area contributed by atoms with E-state index < -0.39 is 0 Å². The van der Waals surface area contributed by atoms with Crippen LogP contribution in [0.5, 0.6) is 0 Å². The van der Waals surface area contributed by atoms with Gasteiger partial charge in [-0.05, 0) is 20.9 Å². The van der Waals surface area contributed by atoms with Crippen LogP contribution in [0.4, 0.5) is 0 Å². The Morgan fingerprint density at radius 1 is 1.64 bits per heavy atom. The topological polar surface area (TPSA) is 47.3 Å². The summed E-state index contributed by atoms with van der Waals surface area (Å²) in [6, 6.07) is 2.09. The second-order valence-electron chi connectivity index (χ2n) is 3.79. The molecule has 1 aliphatic heterocycles. The number of amides is 1. The summed E-state index contributed by atoms with van der Waals surface area (Å²) >= 11 is 0. The third-order valence-electron chi connectivity index (χ3n) is 2.81. The molecule has 0 radical (unpaired) electrons. The minimum atomic E-state index is -0.240. The van der Waals surface area contributed by atoms with Gasteiger partial charge in [0.05, 0.1) is 12.5 Å². The zero-order valence-corrected chi connectivity index (χ0v) is 9.03. The average molecular weight is 195 g/mol. The van der Waals surface area contributed by atoms with E-state index in [-0.39, 0.29) is 18.0 Å². The first-order valence-corrected chi connectivity index (χ1v) is 4.99. The SMILES string of the molecule is CCN1C(=O)C(CC#N)N(C)CC1C. The molecule has 0 N–H and O–H groups in total. The van der Waals surface area contributed by atoms with Crippen LogP contribution in [0.3, 0.4) is 0 Å². The van der Waals surface area contributed by atoms with Crippen molar-refractivity contribution < 1.29 is 4.79 Å². The zero-order valence-electron chi connectivity index (χ0n) is 9.03. The highest BCUT2D eigenvalue weighted by molar-refractivity contribution is 5.83. The van der Waals surface area contributed by atoms with Gasteiger partial charge in [0.1, 0.15) is 6.04 Å². The van der Waals surface area contributed by atoms with Gasteiger partial charge in [0.2, 0.25) is 5.91 Å². The van der Waals surface area contributed by atoms with Gasteiger partial charge in [-0.3, -0.25) is 9.69 Å². The zero-order chi connectivity index (χ0) is 10.7. The molecular formula is C10H17N3O. The van der Waals surface area contributed by atoms with Crippen LogP contribution in [0.15, 0.2) is 0 Å². The summed E-state index contributed by atoms with van der Waals surface area (Å²) < 4.78 is 0. The van der Waals surface area contributed by atoms with E-state index in [0.29, 0.717) is 6.42 Å². The van der Waals surface area contributed by atoms with Crippen LogP contribution in [0.25, 0.3) is 0 Å². The Bertz CT molecular complexity index is 259. The summed E-state index contributed by atoms with van der Waals surface area (Å²) in [7, 11) is 1.91. The average Bonchev–Trinajstić information content (AvgIpc) is 2.12. The summed E-state index contributed by atoms with van der Waals surface area (Å²) in [5.41, 5.74) is 0. The summed E-state index contributed by atoms with van der Waals surface area (Å²) in [6.07, 6.45) is 0.290. The van der Waals surface area contributed by atoms with Crippen LogP contribution < -0.4 is 0 Å². The van der Waals surface area contributed by atoms with E-state index in [1.54, 1.807) is 0 Å². The first-order valence-electron chi connectivity index (χ1n) is 4.99. The van der Waals surface area contributed by atoms with Crippen molar-refractivity contribution in [1.82, 2.24) is 9.80 Å². The largest absolute Gasteiger partial charge is 0.338 e. The number of carbonyl (C=O) groups excluding carboxylic acids is 1. The van der Waals surface area contributed by atoms with Gasteiger partial charge in [0, 0.05) is 19.1 Å². The smallest absolute Gasteiger partial charge is 0.241 e. The van der Waals surface area contributed by atoms with Crippen LogP contribution in [-0.2, 0) is 4.79 Å². The van der Waals surface area contributed by atoms with E-state index in [1.165, 1.54) is 0 Å². The van der Waals surface area contributed by atoms with E-state index in [9.17, 15) is 4.79 Å². The quantitative estimate of drug-likeness (QED) is 0.642. The predicted octanol–water partition coefficient (Wildman–Crippen LogP) is 0.451. The Morgan fingerprint density at radius 2 is 2.29 bits per heavy atom. The lowest BCUT2D eigenvalue weighted by atomic mass is 10.1. The maximum absolute atomic E-state index is 11.9. The molecule has 1 saturated heterocycles. The maximum atomic E-state index is 11.9.